The summed E-state index contributed by atoms with van der Waals surface area (Å²) in [5.41, 5.74) is 0.888. The fourth-order valence-electron chi connectivity index (χ4n) is 2.49. The van der Waals surface area contributed by atoms with Gasteiger partial charge >= 0.3 is 5.97 Å². The number of carboxylic acid groups (broad SMARTS) is 1. The fraction of sp³-hybridized carbons (Fsp3) is 0.357. The standard InChI is InChI=1S/C14H15N3O3/c18-14(19)11-7-4-8-17(11)9-12-15-13(16-20-12)10-5-2-1-3-6-10/h1-3,5-6,11H,4,7-9H2,(H,18,19)/t11-/m0/s1. The molecule has 1 aromatic carbocycles. The van der Waals surface area contributed by atoms with Crippen molar-refractivity contribution in [2.45, 2.75) is 25.4 Å². The molecule has 1 aliphatic heterocycles. The first kappa shape index (κ1) is 12.8. The first-order valence-electron chi connectivity index (χ1n) is 6.59. The van der Waals surface area contributed by atoms with E-state index in [0.29, 0.717) is 24.7 Å². The van der Waals surface area contributed by atoms with E-state index >= 15 is 0 Å². The zero-order valence-electron chi connectivity index (χ0n) is 10.9. The number of likely N-dealkylation sites (tertiary alicyclic amines) is 1. The average Bonchev–Trinajstić information content (AvgIpc) is 3.09. The molecule has 2 aromatic rings. The first-order valence-corrected chi connectivity index (χ1v) is 6.59. The third-order valence-electron chi connectivity index (χ3n) is 3.49. The Hall–Kier alpha value is -2.21. The summed E-state index contributed by atoms with van der Waals surface area (Å²) in [4.78, 5) is 17.3. The van der Waals surface area contributed by atoms with Crippen LogP contribution in [0.4, 0.5) is 0 Å². The molecule has 6 nitrogen and oxygen atoms in total. The van der Waals surface area contributed by atoms with Gasteiger partial charge in [-0.25, -0.2) is 0 Å². The van der Waals surface area contributed by atoms with E-state index in [0.717, 1.165) is 18.5 Å². The van der Waals surface area contributed by atoms with Crippen molar-refractivity contribution in [3.05, 3.63) is 36.2 Å². The molecule has 1 atom stereocenters. The molecule has 0 saturated carbocycles. The molecular weight excluding hydrogens is 258 g/mol. The van der Waals surface area contributed by atoms with E-state index in [9.17, 15) is 4.79 Å². The number of rotatable bonds is 4. The lowest BCUT2D eigenvalue weighted by Crippen LogP contribution is -2.35. The number of aromatic nitrogens is 2. The quantitative estimate of drug-likeness (QED) is 0.914. The highest BCUT2D eigenvalue weighted by Gasteiger charge is 2.31. The maximum absolute atomic E-state index is 11.1. The minimum Gasteiger partial charge on any atom is -0.480 e. The topological polar surface area (TPSA) is 79.5 Å². The van der Waals surface area contributed by atoms with Crippen LogP contribution in [0.15, 0.2) is 34.9 Å². The second-order valence-electron chi connectivity index (χ2n) is 4.84. The van der Waals surface area contributed by atoms with Crippen LogP contribution < -0.4 is 0 Å². The van der Waals surface area contributed by atoms with Crippen LogP contribution in [-0.2, 0) is 11.3 Å². The number of nitrogens with zero attached hydrogens (tertiary/aromatic N) is 3. The second kappa shape index (κ2) is 5.42. The Bertz CT molecular complexity index is 597. The molecule has 3 rings (SSSR count). The van der Waals surface area contributed by atoms with Crippen molar-refractivity contribution in [2.24, 2.45) is 0 Å². The van der Waals surface area contributed by atoms with Gasteiger partial charge in [0, 0.05) is 5.56 Å². The van der Waals surface area contributed by atoms with Gasteiger partial charge < -0.3 is 9.63 Å². The van der Waals surface area contributed by atoms with Gasteiger partial charge in [0.25, 0.3) is 0 Å². The number of hydrogen-bond acceptors (Lipinski definition) is 5. The SMILES string of the molecule is O=C(O)[C@@H]1CCCN1Cc1nc(-c2ccccc2)no1. The summed E-state index contributed by atoms with van der Waals surface area (Å²) < 4.78 is 5.21. The van der Waals surface area contributed by atoms with Crippen molar-refractivity contribution in [3.63, 3.8) is 0 Å². The normalized spacial score (nSPS) is 19.3. The van der Waals surface area contributed by atoms with E-state index in [2.05, 4.69) is 10.1 Å². The molecule has 0 bridgehead atoms. The van der Waals surface area contributed by atoms with Crippen LogP contribution in [-0.4, -0.2) is 38.7 Å². The predicted molar refractivity (Wildman–Crippen MR) is 70.8 cm³/mol. The summed E-state index contributed by atoms with van der Waals surface area (Å²) in [5, 5.41) is 13.1. The maximum atomic E-state index is 11.1. The van der Waals surface area contributed by atoms with Gasteiger partial charge in [-0.3, -0.25) is 9.69 Å². The molecule has 1 N–H and O–H groups in total. The molecule has 104 valence electrons. The Morgan fingerprint density at radius 2 is 2.20 bits per heavy atom. The predicted octanol–water partition coefficient (Wildman–Crippen LogP) is 1.79. The number of carbonyl (C=O) groups is 1. The van der Waals surface area contributed by atoms with Crippen LogP contribution in [0.5, 0.6) is 0 Å². The highest BCUT2D eigenvalue weighted by atomic mass is 16.5. The van der Waals surface area contributed by atoms with Gasteiger partial charge in [-0.1, -0.05) is 35.5 Å². The van der Waals surface area contributed by atoms with E-state index in [1.54, 1.807) is 0 Å². The van der Waals surface area contributed by atoms with E-state index in [1.807, 2.05) is 35.2 Å². The molecular formula is C14H15N3O3. The summed E-state index contributed by atoms with van der Waals surface area (Å²) in [6, 6.07) is 9.11. The van der Waals surface area contributed by atoms with Crippen LogP contribution in [0.25, 0.3) is 11.4 Å². The van der Waals surface area contributed by atoms with Crippen LogP contribution >= 0.6 is 0 Å². The molecule has 1 fully saturated rings. The molecule has 1 aromatic heterocycles. The summed E-state index contributed by atoms with van der Waals surface area (Å²) in [6.07, 6.45) is 1.56. The van der Waals surface area contributed by atoms with Crippen molar-refractivity contribution < 1.29 is 14.4 Å². The van der Waals surface area contributed by atoms with Crippen molar-refractivity contribution in [1.29, 1.82) is 0 Å². The number of carboxylic acids is 1. The third-order valence-corrected chi connectivity index (χ3v) is 3.49. The number of benzene rings is 1. The highest BCUT2D eigenvalue weighted by Crippen LogP contribution is 2.21. The monoisotopic (exact) mass is 273 g/mol. The molecule has 0 aliphatic carbocycles. The number of hydrogen-bond donors (Lipinski definition) is 1. The Balaban J connectivity index is 1.73. The van der Waals surface area contributed by atoms with Crippen molar-refractivity contribution in [2.75, 3.05) is 6.54 Å². The average molecular weight is 273 g/mol. The lowest BCUT2D eigenvalue weighted by atomic mass is 10.2. The van der Waals surface area contributed by atoms with Crippen LogP contribution in [0.2, 0.25) is 0 Å². The van der Waals surface area contributed by atoms with Gasteiger partial charge in [0.2, 0.25) is 11.7 Å². The molecule has 6 heteroatoms. The molecule has 0 amide bonds. The lowest BCUT2D eigenvalue weighted by molar-refractivity contribution is -0.142. The summed E-state index contributed by atoms with van der Waals surface area (Å²) in [6.45, 7) is 1.14. The van der Waals surface area contributed by atoms with Crippen LogP contribution in [0.1, 0.15) is 18.7 Å². The van der Waals surface area contributed by atoms with Crippen molar-refractivity contribution in [1.82, 2.24) is 15.0 Å². The summed E-state index contributed by atoms with van der Waals surface area (Å²) in [7, 11) is 0. The molecule has 1 aliphatic rings. The molecule has 0 spiro atoms. The minimum atomic E-state index is -0.787. The van der Waals surface area contributed by atoms with Gasteiger partial charge in [0.1, 0.15) is 6.04 Å². The largest absolute Gasteiger partial charge is 0.480 e. The summed E-state index contributed by atoms with van der Waals surface area (Å²) in [5.74, 6) is 0.203. The van der Waals surface area contributed by atoms with Gasteiger partial charge in [0.05, 0.1) is 6.54 Å². The zero-order valence-corrected chi connectivity index (χ0v) is 10.9. The maximum Gasteiger partial charge on any atom is 0.320 e. The Morgan fingerprint density at radius 1 is 1.40 bits per heavy atom. The lowest BCUT2D eigenvalue weighted by Gasteiger charge is -2.18. The van der Waals surface area contributed by atoms with Gasteiger partial charge in [0.15, 0.2) is 0 Å². The van der Waals surface area contributed by atoms with Crippen LogP contribution in [0.3, 0.4) is 0 Å². The Labute approximate surface area is 116 Å². The molecule has 2 heterocycles. The molecule has 0 unspecified atom stereocenters. The Kier molecular flexibility index (Phi) is 3.47. The van der Waals surface area contributed by atoms with Gasteiger partial charge in [-0.05, 0) is 19.4 Å². The zero-order chi connectivity index (χ0) is 13.9. The summed E-state index contributed by atoms with van der Waals surface area (Å²) >= 11 is 0. The molecule has 20 heavy (non-hydrogen) atoms. The van der Waals surface area contributed by atoms with Gasteiger partial charge in [-0.2, -0.15) is 4.98 Å². The Morgan fingerprint density at radius 3 is 2.95 bits per heavy atom. The van der Waals surface area contributed by atoms with Crippen molar-refractivity contribution in [3.8, 4) is 11.4 Å². The van der Waals surface area contributed by atoms with Crippen molar-refractivity contribution >= 4 is 5.97 Å². The molecule has 0 radical (unpaired) electrons. The highest BCUT2D eigenvalue weighted by molar-refractivity contribution is 5.73. The van der Waals surface area contributed by atoms with E-state index < -0.39 is 12.0 Å². The van der Waals surface area contributed by atoms with E-state index in [-0.39, 0.29) is 0 Å². The first-order chi connectivity index (χ1) is 9.74. The smallest absolute Gasteiger partial charge is 0.320 e. The molecule has 1 saturated heterocycles. The fourth-order valence-corrected chi connectivity index (χ4v) is 2.49. The van der Waals surface area contributed by atoms with Crippen LogP contribution in [0, 0.1) is 0 Å². The second-order valence-corrected chi connectivity index (χ2v) is 4.84. The third kappa shape index (κ3) is 2.55. The minimum absolute atomic E-state index is 0.386. The van der Waals surface area contributed by atoms with Gasteiger partial charge in [-0.15, -0.1) is 0 Å². The van der Waals surface area contributed by atoms with E-state index in [1.165, 1.54) is 0 Å². The van der Waals surface area contributed by atoms with E-state index in [4.69, 9.17) is 9.63 Å². The number of aliphatic carboxylic acids is 1.